The Morgan fingerprint density at radius 2 is 2.38 bits per heavy atom. The van der Waals surface area contributed by atoms with Gasteiger partial charge in [-0.3, -0.25) is 0 Å². The van der Waals surface area contributed by atoms with Crippen LogP contribution in [-0.2, 0) is 0 Å². The molecule has 3 heteroatoms. The number of nitrogens with one attached hydrogen (secondary N) is 1. The smallest absolute Gasteiger partial charge is 0.398 e. The fourth-order valence-electron chi connectivity index (χ4n) is 0.423. The molecule has 0 aliphatic heterocycles. The molecule has 8 heavy (non-hydrogen) atoms. The SMILES string of the molecule is Nc1ccc(=S)[nH]c1.[H+].[H+]. The third kappa shape index (κ3) is 1.07. The lowest BCUT2D eigenvalue weighted by Crippen LogP contribution is -1.83. The molecule has 0 atom stereocenters. The molecule has 0 saturated heterocycles. The van der Waals surface area contributed by atoms with Gasteiger partial charge in [-0.15, -0.1) is 0 Å². The van der Waals surface area contributed by atoms with Crippen LogP contribution in [0.4, 0.5) is 5.69 Å². The quantitative estimate of drug-likeness (QED) is 0.520. The molecular formula is C5H8N2S+2. The van der Waals surface area contributed by atoms with Crippen molar-refractivity contribution in [2.75, 3.05) is 5.73 Å². The molecule has 42 valence electrons. The molecule has 0 fully saturated rings. The van der Waals surface area contributed by atoms with E-state index in [4.69, 9.17) is 18.0 Å². The monoisotopic (exact) mass is 128 g/mol. The number of hydrogen-bond acceptors (Lipinski definition) is 2. The fraction of sp³-hybridized carbons (Fsp3) is 0. The van der Waals surface area contributed by atoms with Crippen molar-refractivity contribution < 1.29 is 2.85 Å². The van der Waals surface area contributed by atoms with Crippen LogP contribution in [0.5, 0.6) is 0 Å². The van der Waals surface area contributed by atoms with Gasteiger partial charge in [-0.25, -0.2) is 0 Å². The Labute approximate surface area is 55.3 Å². The van der Waals surface area contributed by atoms with E-state index < -0.39 is 0 Å². The zero-order chi connectivity index (χ0) is 5.98. The third-order valence-corrected chi connectivity index (χ3v) is 1.06. The average molecular weight is 128 g/mol. The summed E-state index contributed by atoms with van der Waals surface area (Å²) in [5.74, 6) is 0. The number of aromatic amines is 1. The van der Waals surface area contributed by atoms with Crippen molar-refractivity contribution in [2.24, 2.45) is 0 Å². The Morgan fingerprint density at radius 3 is 2.75 bits per heavy atom. The number of hydrogen-bond donors (Lipinski definition) is 2. The van der Waals surface area contributed by atoms with E-state index in [0.717, 1.165) is 0 Å². The normalized spacial score (nSPS) is 9.00. The van der Waals surface area contributed by atoms with E-state index in [1.54, 1.807) is 18.3 Å². The van der Waals surface area contributed by atoms with Crippen molar-refractivity contribution in [3.8, 4) is 0 Å². The van der Waals surface area contributed by atoms with E-state index in [1.165, 1.54) is 0 Å². The Hall–Kier alpha value is -0.830. The third-order valence-electron chi connectivity index (χ3n) is 0.808. The van der Waals surface area contributed by atoms with Crippen LogP contribution in [0.3, 0.4) is 0 Å². The highest BCUT2D eigenvalue weighted by Crippen LogP contribution is 1.94. The van der Waals surface area contributed by atoms with E-state index >= 15 is 0 Å². The second-order valence-corrected chi connectivity index (χ2v) is 1.93. The van der Waals surface area contributed by atoms with Gasteiger partial charge in [0.2, 0.25) is 0 Å². The van der Waals surface area contributed by atoms with Gasteiger partial charge in [-0.2, -0.15) is 0 Å². The average Bonchev–Trinajstić information content (AvgIpc) is 1.77. The van der Waals surface area contributed by atoms with Gasteiger partial charge < -0.3 is 10.7 Å². The minimum Gasteiger partial charge on any atom is -0.398 e. The van der Waals surface area contributed by atoms with Gasteiger partial charge in [0.25, 0.3) is 0 Å². The topological polar surface area (TPSA) is 41.8 Å². The molecule has 0 bridgehead atoms. The van der Waals surface area contributed by atoms with Gasteiger partial charge in [0.1, 0.15) is 4.64 Å². The Balaban J connectivity index is 0. The maximum Gasteiger partial charge on any atom is 1.00 e. The number of H-pyrrole nitrogens is 1. The molecule has 0 aliphatic rings. The zero-order valence-electron chi connectivity index (χ0n) is 6.22. The minimum atomic E-state index is 0. The van der Waals surface area contributed by atoms with E-state index in [2.05, 4.69) is 4.98 Å². The molecule has 0 saturated carbocycles. The van der Waals surface area contributed by atoms with Crippen LogP contribution in [0.25, 0.3) is 0 Å². The van der Waals surface area contributed by atoms with Gasteiger partial charge in [0.15, 0.2) is 0 Å². The number of rotatable bonds is 0. The first-order valence-corrected chi connectivity index (χ1v) is 2.64. The predicted molar refractivity (Wildman–Crippen MR) is 38.3 cm³/mol. The van der Waals surface area contributed by atoms with Crippen molar-refractivity contribution in [1.29, 1.82) is 0 Å². The molecule has 1 heterocycles. The lowest BCUT2D eigenvalue weighted by atomic mass is 10.4. The fourth-order valence-corrected chi connectivity index (χ4v) is 0.550. The second kappa shape index (κ2) is 1.96. The maximum atomic E-state index is 5.35. The minimum absolute atomic E-state index is 0. The summed E-state index contributed by atoms with van der Waals surface area (Å²) in [5.41, 5.74) is 6.06. The Kier molecular flexibility index (Phi) is 1.30. The molecule has 1 aromatic rings. The van der Waals surface area contributed by atoms with Crippen LogP contribution in [0.15, 0.2) is 18.3 Å². The first-order valence-electron chi connectivity index (χ1n) is 2.23. The molecule has 0 spiro atoms. The molecule has 0 aromatic carbocycles. The summed E-state index contributed by atoms with van der Waals surface area (Å²) >= 11 is 4.76. The van der Waals surface area contributed by atoms with Crippen LogP contribution < -0.4 is 5.73 Å². The number of pyridine rings is 1. The molecule has 1 aromatic heterocycles. The van der Waals surface area contributed by atoms with Gasteiger partial charge in [-0.05, 0) is 12.1 Å². The van der Waals surface area contributed by atoms with Crippen molar-refractivity contribution in [2.45, 2.75) is 0 Å². The van der Waals surface area contributed by atoms with Crippen LogP contribution in [-0.4, -0.2) is 4.98 Å². The Bertz CT molecular complexity index is 215. The van der Waals surface area contributed by atoms with E-state index in [1.807, 2.05) is 0 Å². The van der Waals surface area contributed by atoms with Gasteiger partial charge in [0.05, 0.1) is 0 Å². The van der Waals surface area contributed by atoms with E-state index in [0.29, 0.717) is 10.3 Å². The summed E-state index contributed by atoms with van der Waals surface area (Å²) in [6.07, 6.45) is 1.67. The summed E-state index contributed by atoms with van der Waals surface area (Å²) in [6.45, 7) is 0. The van der Waals surface area contributed by atoms with Gasteiger partial charge >= 0.3 is 2.85 Å². The summed E-state index contributed by atoms with van der Waals surface area (Å²) in [4.78, 5) is 2.79. The molecule has 0 unspecified atom stereocenters. The number of aromatic nitrogens is 1. The lowest BCUT2D eigenvalue weighted by molar-refractivity contribution is 1.30. The zero-order valence-corrected chi connectivity index (χ0v) is 5.03. The molecule has 1 rings (SSSR count). The van der Waals surface area contributed by atoms with Crippen LogP contribution >= 0.6 is 12.2 Å². The standard InChI is InChI=1S/C5H6N2S/c6-4-1-2-5(8)7-3-4/h1-3H,6H2,(H,7,8)/p+2. The summed E-state index contributed by atoms with van der Waals surface area (Å²) in [6, 6.07) is 3.52. The highest BCUT2D eigenvalue weighted by molar-refractivity contribution is 7.71. The highest BCUT2D eigenvalue weighted by atomic mass is 32.1. The van der Waals surface area contributed by atoms with Crippen LogP contribution in [0, 0.1) is 4.64 Å². The number of nitrogens with two attached hydrogens (primary N) is 1. The first-order chi connectivity index (χ1) is 3.79. The number of nitrogen functional groups attached to an aromatic ring is 1. The van der Waals surface area contributed by atoms with Gasteiger partial charge in [-0.1, -0.05) is 12.2 Å². The summed E-state index contributed by atoms with van der Waals surface area (Å²) < 4.78 is 0.708. The van der Waals surface area contributed by atoms with Crippen LogP contribution in [0.1, 0.15) is 2.85 Å². The second-order valence-electron chi connectivity index (χ2n) is 1.49. The lowest BCUT2D eigenvalue weighted by Gasteiger charge is -1.86. The number of anilines is 1. The van der Waals surface area contributed by atoms with Crippen molar-refractivity contribution >= 4 is 17.9 Å². The summed E-state index contributed by atoms with van der Waals surface area (Å²) in [5, 5.41) is 0. The van der Waals surface area contributed by atoms with E-state index in [-0.39, 0.29) is 2.85 Å². The van der Waals surface area contributed by atoms with Crippen molar-refractivity contribution in [3.63, 3.8) is 0 Å². The molecular weight excluding hydrogens is 120 g/mol. The van der Waals surface area contributed by atoms with Crippen LogP contribution in [0.2, 0.25) is 0 Å². The molecule has 2 nitrogen and oxygen atoms in total. The molecule has 3 N–H and O–H groups in total. The highest BCUT2D eigenvalue weighted by Gasteiger charge is 1.76. The summed E-state index contributed by atoms with van der Waals surface area (Å²) in [7, 11) is 0. The van der Waals surface area contributed by atoms with Gasteiger partial charge in [0, 0.05) is 11.9 Å². The first kappa shape index (κ1) is 5.31. The molecule has 0 radical (unpaired) electrons. The predicted octanol–water partition coefficient (Wildman–Crippen LogP) is 1.55. The van der Waals surface area contributed by atoms with Crippen molar-refractivity contribution in [1.82, 2.24) is 4.98 Å². The van der Waals surface area contributed by atoms with E-state index in [9.17, 15) is 0 Å². The molecule has 0 aliphatic carbocycles. The molecule has 0 amide bonds. The van der Waals surface area contributed by atoms with Crippen molar-refractivity contribution in [3.05, 3.63) is 23.0 Å². The largest absolute Gasteiger partial charge is 1.00 e. The maximum absolute atomic E-state index is 5.35. The Morgan fingerprint density at radius 1 is 1.62 bits per heavy atom.